The van der Waals surface area contributed by atoms with Gasteiger partial charge in [-0.15, -0.1) is 11.3 Å². The Bertz CT molecular complexity index is 758. The van der Waals surface area contributed by atoms with Gasteiger partial charge >= 0.3 is 5.97 Å². The van der Waals surface area contributed by atoms with E-state index in [1.807, 2.05) is 0 Å². The molecular weight excluding hydrogens is 365 g/mol. The van der Waals surface area contributed by atoms with Crippen LogP contribution < -0.4 is 4.72 Å². The molecule has 1 N–H and O–H groups in total. The minimum atomic E-state index is -3.61. The fourth-order valence-electron chi connectivity index (χ4n) is 1.67. The van der Waals surface area contributed by atoms with Crippen LogP contribution in [0.5, 0.6) is 0 Å². The third kappa shape index (κ3) is 5.00. The first-order chi connectivity index (χ1) is 10.9. The summed E-state index contributed by atoms with van der Waals surface area (Å²) < 4.78 is 44.5. The van der Waals surface area contributed by atoms with Gasteiger partial charge in [0.05, 0.1) is 11.4 Å². The Hall–Kier alpha value is -1.48. The number of nitrogens with one attached hydrogen (secondary N) is 1. The number of esters is 1. The average molecular weight is 378 g/mol. The molecule has 0 spiro atoms. The normalized spacial score (nSPS) is 11.4. The van der Waals surface area contributed by atoms with Crippen molar-refractivity contribution in [3.63, 3.8) is 0 Å². The second-order valence-electron chi connectivity index (χ2n) is 4.44. The zero-order valence-corrected chi connectivity index (χ0v) is 14.2. The highest BCUT2D eigenvalue weighted by Gasteiger charge is 2.16. The van der Waals surface area contributed by atoms with Crippen LogP contribution in [0.3, 0.4) is 0 Å². The fourth-order valence-corrected chi connectivity index (χ4v) is 3.96. The SMILES string of the molecule is O=C(CCNS(=O)(=O)c1cccs1)OCc1c(F)cccc1Cl. The molecule has 0 saturated carbocycles. The van der Waals surface area contributed by atoms with E-state index in [0.29, 0.717) is 0 Å². The Labute approximate surface area is 142 Å². The van der Waals surface area contributed by atoms with Crippen molar-refractivity contribution in [2.75, 3.05) is 6.54 Å². The summed E-state index contributed by atoms with van der Waals surface area (Å²) in [6.45, 7) is -0.411. The van der Waals surface area contributed by atoms with Gasteiger partial charge in [-0.3, -0.25) is 4.79 Å². The maximum Gasteiger partial charge on any atom is 0.307 e. The van der Waals surface area contributed by atoms with Crippen molar-refractivity contribution in [2.45, 2.75) is 17.2 Å². The number of carbonyl (C=O) groups is 1. The van der Waals surface area contributed by atoms with Gasteiger partial charge in [0.1, 0.15) is 16.6 Å². The highest BCUT2D eigenvalue weighted by atomic mass is 35.5. The summed E-state index contributed by atoms with van der Waals surface area (Å²) in [5, 5.41) is 1.80. The van der Waals surface area contributed by atoms with Crippen molar-refractivity contribution in [3.8, 4) is 0 Å². The van der Waals surface area contributed by atoms with E-state index in [1.54, 1.807) is 11.4 Å². The van der Waals surface area contributed by atoms with Gasteiger partial charge in [0, 0.05) is 12.1 Å². The van der Waals surface area contributed by atoms with Crippen LogP contribution in [0.2, 0.25) is 5.02 Å². The standard InChI is InChI=1S/C14H13ClFNO4S2/c15-11-3-1-4-12(16)10(11)9-21-13(18)6-7-17-23(19,20)14-5-2-8-22-14/h1-5,8,17H,6-7,9H2. The molecule has 0 aliphatic carbocycles. The van der Waals surface area contributed by atoms with E-state index in [9.17, 15) is 17.6 Å². The summed E-state index contributed by atoms with van der Waals surface area (Å²) in [6, 6.07) is 7.23. The largest absolute Gasteiger partial charge is 0.461 e. The zero-order chi connectivity index (χ0) is 16.9. The van der Waals surface area contributed by atoms with E-state index in [2.05, 4.69) is 4.72 Å². The number of thiophene rings is 1. The summed E-state index contributed by atoms with van der Waals surface area (Å²) in [5.41, 5.74) is 0.0849. The molecule has 2 aromatic rings. The Kier molecular flexibility index (Phi) is 6.11. The third-order valence-corrected chi connectivity index (χ3v) is 6.03. The smallest absolute Gasteiger partial charge is 0.307 e. The second-order valence-corrected chi connectivity index (χ2v) is 7.79. The molecule has 0 radical (unpaired) electrons. The monoisotopic (exact) mass is 377 g/mol. The molecule has 124 valence electrons. The minimum absolute atomic E-state index is 0.0849. The van der Waals surface area contributed by atoms with Crippen molar-refractivity contribution in [1.82, 2.24) is 4.72 Å². The van der Waals surface area contributed by atoms with E-state index in [1.165, 1.54) is 24.3 Å². The molecular formula is C14H13ClFNO4S2. The van der Waals surface area contributed by atoms with E-state index in [-0.39, 0.29) is 34.4 Å². The Morgan fingerprint density at radius 2 is 2.09 bits per heavy atom. The van der Waals surface area contributed by atoms with Crippen LogP contribution in [-0.2, 0) is 26.2 Å². The van der Waals surface area contributed by atoms with Crippen molar-refractivity contribution >= 4 is 38.9 Å². The van der Waals surface area contributed by atoms with Gasteiger partial charge in [0.15, 0.2) is 0 Å². The lowest BCUT2D eigenvalue weighted by atomic mass is 10.2. The molecule has 0 fully saturated rings. The summed E-state index contributed by atoms with van der Waals surface area (Å²) in [4.78, 5) is 11.6. The van der Waals surface area contributed by atoms with Gasteiger partial charge in [-0.1, -0.05) is 23.7 Å². The van der Waals surface area contributed by atoms with E-state index >= 15 is 0 Å². The van der Waals surface area contributed by atoms with E-state index in [4.69, 9.17) is 16.3 Å². The molecule has 0 bridgehead atoms. The van der Waals surface area contributed by atoms with E-state index in [0.717, 1.165) is 11.3 Å². The summed E-state index contributed by atoms with van der Waals surface area (Å²) in [6.07, 6.45) is -0.170. The van der Waals surface area contributed by atoms with Gasteiger partial charge in [0.2, 0.25) is 10.0 Å². The minimum Gasteiger partial charge on any atom is -0.461 e. The van der Waals surface area contributed by atoms with Crippen LogP contribution in [0.4, 0.5) is 4.39 Å². The predicted octanol–water partition coefficient (Wildman–Crippen LogP) is 2.95. The number of halogens is 2. The van der Waals surface area contributed by atoms with Gasteiger partial charge in [-0.25, -0.2) is 17.5 Å². The number of sulfonamides is 1. The van der Waals surface area contributed by atoms with Gasteiger partial charge in [-0.05, 0) is 23.6 Å². The quantitative estimate of drug-likeness (QED) is 0.753. The summed E-state index contributed by atoms with van der Waals surface area (Å²) in [5.74, 6) is -1.22. The Morgan fingerprint density at radius 1 is 1.30 bits per heavy atom. The number of carbonyl (C=O) groups excluding carboxylic acids is 1. The summed E-state index contributed by atoms with van der Waals surface area (Å²) >= 11 is 6.89. The molecule has 1 aromatic carbocycles. The van der Waals surface area contributed by atoms with Crippen LogP contribution >= 0.6 is 22.9 Å². The molecule has 0 aliphatic heterocycles. The number of ether oxygens (including phenoxy) is 1. The Morgan fingerprint density at radius 3 is 2.74 bits per heavy atom. The first kappa shape index (κ1) is 17.9. The molecule has 0 atom stereocenters. The van der Waals surface area contributed by atoms with Crippen molar-refractivity contribution in [3.05, 3.63) is 52.1 Å². The number of benzene rings is 1. The van der Waals surface area contributed by atoms with Gasteiger partial charge in [-0.2, -0.15) is 0 Å². The molecule has 5 nitrogen and oxygen atoms in total. The topological polar surface area (TPSA) is 72.5 Å². The molecule has 1 aromatic heterocycles. The van der Waals surface area contributed by atoms with Crippen LogP contribution in [0.1, 0.15) is 12.0 Å². The molecule has 0 aliphatic rings. The maximum absolute atomic E-state index is 13.5. The van der Waals surface area contributed by atoms with Crippen LogP contribution in [0.25, 0.3) is 0 Å². The van der Waals surface area contributed by atoms with Crippen LogP contribution in [-0.4, -0.2) is 20.9 Å². The first-order valence-corrected chi connectivity index (χ1v) is 9.26. The predicted molar refractivity (Wildman–Crippen MR) is 85.3 cm³/mol. The Balaban J connectivity index is 1.80. The maximum atomic E-state index is 13.5. The average Bonchev–Trinajstić information content (AvgIpc) is 3.01. The second kappa shape index (κ2) is 7.87. The molecule has 9 heteroatoms. The molecule has 2 rings (SSSR count). The number of rotatable bonds is 7. The van der Waals surface area contributed by atoms with Crippen molar-refractivity contribution in [1.29, 1.82) is 0 Å². The molecule has 0 unspecified atom stereocenters. The molecule has 23 heavy (non-hydrogen) atoms. The van der Waals surface area contributed by atoms with E-state index < -0.39 is 21.8 Å². The molecule has 0 saturated heterocycles. The highest BCUT2D eigenvalue weighted by molar-refractivity contribution is 7.91. The fraction of sp³-hybridized carbons (Fsp3) is 0.214. The number of hydrogen-bond donors (Lipinski definition) is 1. The van der Waals surface area contributed by atoms with Crippen molar-refractivity contribution < 1.29 is 22.3 Å². The van der Waals surface area contributed by atoms with Crippen LogP contribution in [0.15, 0.2) is 39.9 Å². The molecule has 0 amide bonds. The zero-order valence-electron chi connectivity index (χ0n) is 11.8. The lowest BCUT2D eigenvalue weighted by molar-refractivity contribution is -0.144. The lowest BCUT2D eigenvalue weighted by Crippen LogP contribution is -2.26. The summed E-state index contributed by atoms with van der Waals surface area (Å²) in [7, 11) is -3.61. The third-order valence-electron chi connectivity index (χ3n) is 2.82. The first-order valence-electron chi connectivity index (χ1n) is 6.52. The van der Waals surface area contributed by atoms with Gasteiger partial charge < -0.3 is 4.74 Å². The highest BCUT2D eigenvalue weighted by Crippen LogP contribution is 2.20. The van der Waals surface area contributed by atoms with Gasteiger partial charge in [0.25, 0.3) is 0 Å². The van der Waals surface area contributed by atoms with Crippen molar-refractivity contribution in [2.24, 2.45) is 0 Å². The lowest BCUT2D eigenvalue weighted by Gasteiger charge is -2.08. The molecule has 1 heterocycles. The number of hydrogen-bond acceptors (Lipinski definition) is 5. The van der Waals surface area contributed by atoms with Crippen LogP contribution in [0, 0.1) is 5.82 Å².